The number of rotatable bonds is 1. The van der Waals surface area contributed by atoms with Gasteiger partial charge < -0.3 is 14.6 Å². The van der Waals surface area contributed by atoms with Crippen LogP contribution >= 0.6 is 0 Å². The molecule has 3 aliphatic carbocycles. The van der Waals surface area contributed by atoms with Gasteiger partial charge in [0.15, 0.2) is 5.78 Å². The number of piperidine rings is 1. The zero-order valence-electron chi connectivity index (χ0n) is 17.2. The molecule has 5 unspecified atom stereocenters. The van der Waals surface area contributed by atoms with Crippen LogP contribution in [0, 0.1) is 17.3 Å². The molecule has 2 saturated heterocycles. The molecule has 0 aromatic carbocycles. The van der Waals surface area contributed by atoms with Crippen LogP contribution in [0.4, 0.5) is 0 Å². The summed E-state index contributed by atoms with van der Waals surface area (Å²) in [6.45, 7) is 6.42. The summed E-state index contributed by atoms with van der Waals surface area (Å²) >= 11 is 0. The van der Waals surface area contributed by atoms with E-state index in [-0.39, 0.29) is 23.2 Å². The lowest BCUT2D eigenvalue weighted by Gasteiger charge is -2.47. The molecule has 6 rings (SSSR count). The lowest BCUT2D eigenvalue weighted by atomic mass is 9.65. The molecule has 6 aliphatic rings. The van der Waals surface area contributed by atoms with E-state index in [1.807, 2.05) is 6.92 Å². The summed E-state index contributed by atoms with van der Waals surface area (Å²) < 4.78 is 11.2. The van der Waals surface area contributed by atoms with Gasteiger partial charge in [0.2, 0.25) is 0 Å². The van der Waals surface area contributed by atoms with E-state index in [0.717, 1.165) is 41.9 Å². The van der Waals surface area contributed by atoms with Gasteiger partial charge in [-0.05, 0) is 23.5 Å². The minimum atomic E-state index is -1.44. The van der Waals surface area contributed by atoms with Crippen molar-refractivity contribution in [2.24, 2.45) is 17.3 Å². The summed E-state index contributed by atoms with van der Waals surface area (Å²) in [5, 5.41) is 11.7. The molecule has 29 heavy (non-hydrogen) atoms. The van der Waals surface area contributed by atoms with Gasteiger partial charge in [-0.2, -0.15) is 0 Å². The van der Waals surface area contributed by atoms with E-state index in [1.165, 1.54) is 7.11 Å². The van der Waals surface area contributed by atoms with Crippen molar-refractivity contribution in [1.29, 1.82) is 0 Å². The van der Waals surface area contributed by atoms with E-state index in [2.05, 4.69) is 11.8 Å². The highest BCUT2D eigenvalue weighted by molar-refractivity contribution is 6.17. The predicted molar refractivity (Wildman–Crippen MR) is 104 cm³/mol. The van der Waals surface area contributed by atoms with Gasteiger partial charge in [-0.15, -0.1) is 0 Å². The van der Waals surface area contributed by atoms with Crippen LogP contribution in [-0.4, -0.2) is 60.2 Å². The van der Waals surface area contributed by atoms with Gasteiger partial charge in [-0.3, -0.25) is 9.69 Å². The van der Waals surface area contributed by atoms with E-state index < -0.39 is 11.6 Å². The molecular formula is C23H27NO5. The molecule has 5 atom stereocenters. The quantitative estimate of drug-likeness (QED) is 0.681. The Labute approximate surface area is 170 Å². The van der Waals surface area contributed by atoms with Gasteiger partial charge in [-0.25, -0.2) is 4.79 Å². The van der Waals surface area contributed by atoms with Crippen LogP contribution in [0.15, 0.2) is 33.6 Å². The minimum absolute atomic E-state index is 0.0946. The van der Waals surface area contributed by atoms with Crippen molar-refractivity contribution in [1.82, 2.24) is 4.90 Å². The molecule has 3 aliphatic heterocycles. The number of fused-ring (bicyclic) bond motifs is 1. The first-order chi connectivity index (χ1) is 13.8. The number of aliphatic hydroxyl groups is 1. The number of allylic oxidation sites excluding steroid dienone is 2. The first kappa shape index (κ1) is 17.9. The highest BCUT2D eigenvalue weighted by atomic mass is 16.5. The van der Waals surface area contributed by atoms with Crippen molar-refractivity contribution < 1.29 is 24.2 Å². The molecule has 0 spiro atoms. The number of methoxy groups -OCH3 is 1. The van der Waals surface area contributed by atoms with Crippen molar-refractivity contribution in [2.75, 3.05) is 26.8 Å². The Hall–Kier alpha value is -1.92. The third-order valence-corrected chi connectivity index (χ3v) is 8.79. The smallest absolute Gasteiger partial charge is 0.338 e. The van der Waals surface area contributed by atoms with Crippen LogP contribution in [0.5, 0.6) is 0 Å². The predicted octanol–water partition coefficient (Wildman–Crippen LogP) is 1.89. The molecule has 0 aromatic rings. The zero-order valence-corrected chi connectivity index (χ0v) is 17.2. The molecule has 154 valence electrons. The van der Waals surface area contributed by atoms with Crippen LogP contribution in [0.2, 0.25) is 0 Å². The summed E-state index contributed by atoms with van der Waals surface area (Å²) in [5.74, 6) is 0.345. The van der Waals surface area contributed by atoms with Crippen molar-refractivity contribution in [3.8, 4) is 0 Å². The molecule has 0 saturated carbocycles. The van der Waals surface area contributed by atoms with Gasteiger partial charge in [0.25, 0.3) is 0 Å². The Morgan fingerprint density at radius 3 is 2.83 bits per heavy atom. The molecular weight excluding hydrogens is 370 g/mol. The Bertz CT molecular complexity index is 974. The average molecular weight is 397 g/mol. The lowest BCUT2D eigenvalue weighted by molar-refractivity contribution is -0.148. The average Bonchev–Trinajstić information content (AvgIpc) is 3.13. The highest BCUT2D eigenvalue weighted by Crippen LogP contribution is 2.65. The number of ether oxygens (including phenoxy) is 2. The molecule has 2 bridgehead atoms. The second-order valence-corrected chi connectivity index (χ2v) is 9.84. The fraction of sp³-hybridized carbons (Fsp3) is 0.652. The second-order valence-electron chi connectivity index (χ2n) is 9.84. The zero-order chi connectivity index (χ0) is 20.3. The molecule has 3 heterocycles. The molecule has 2 fully saturated rings. The Morgan fingerprint density at radius 1 is 1.28 bits per heavy atom. The van der Waals surface area contributed by atoms with Crippen LogP contribution in [0.1, 0.15) is 39.5 Å². The number of ketones is 1. The number of carbonyl (C=O) groups is 2. The van der Waals surface area contributed by atoms with E-state index in [4.69, 9.17) is 9.47 Å². The maximum Gasteiger partial charge on any atom is 0.338 e. The van der Waals surface area contributed by atoms with Gasteiger partial charge in [-0.1, -0.05) is 13.8 Å². The Kier molecular flexibility index (Phi) is 3.34. The third kappa shape index (κ3) is 1.86. The maximum atomic E-state index is 14.0. The molecule has 6 nitrogen and oxygen atoms in total. The number of hydrogen-bond acceptors (Lipinski definition) is 6. The molecule has 0 amide bonds. The summed E-state index contributed by atoms with van der Waals surface area (Å²) in [7, 11) is 1.36. The van der Waals surface area contributed by atoms with Crippen LogP contribution in [0.25, 0.3) is 0 Å². The third-order valence-electron chi connectivity index (χ3n) is 8.79. The first-order valence-electron chi connectivity index (χ1n) is 10.8. The minimum Gasteiger partial charge on any atom is -0.497 e. The van der Waals surface area contributed by atoms with E-state index in [0.29, 0.717) is 43.1 Å². The summed E-state index contributed by atoms with van der Waals surface area (Å²) in [6.07, 6.45) is 2.85. The fourth-order valence-corrected chi connectivity index (χ4v) is 7.27. The molecule has 0 radical (unpaired) electrons. The SMILES string of the molecule is COC(=O)C1=C2CCOC3=C2C2=C1C(=O)C1(O)CC4N(CC1C)CC(CC3)C24C. The maximum absolute atomic E-state index is 14.0. The number of nitrogens with zero attached hydrogens (tertiary/aromatic N) is 1. The first-order valence-corrected chi connectivity index (χ1v) is 10.8. The van der Waals surface area contributed by atoms with Gasteiger partial charge in [0.1, 0.15) is 11.4 Å². The van der Waals surface area contributed by atoms with E-state index in [1.54, 1.807) is 0 Å². The van der Waals surface area contributed by atoms with E-state index >= 15 is 0 Å². The number of Topliss-reactive ketones (excluding diaryl/α,β-unsaturated/α-hetero) is 1. The monoisotopic (exact) mass is 397 g/mol. The molecule has 1 N–H and O–H groups in total. The fourth-order valence-electron chi connectivity index (χ4n) is 7.27. The van der Waals surface area contributed by atoms with Crippen LogP contribution < -0.4 is 0 Å². The Morgan fingerprint density at radius 2 is 2.07 bits per heavy atom. The topological polar surface area (TPSA) is 76.1 Å². The van der Waals surface area contributed by atoms with E-state index in [9.17, 15) is 14.7 Å². The molecule has 0 aromatic heterocycles. The largest absolute Gasteiger partial charge is 0.497 e. The number of esters is 1. The van der Waals surface area contributed by atoms with Crippen molar-refractivity contribution in [3.63, 3.8) is 0 Å². The summed E-state index contributed by atoms with van der Waals surface area (Å²) in [4.78, 5) is 29.4. The number of carbonyl (C=O) groups excluding carboxylic acids is 2. The molecule has 6 heteroatoms. The van der Waals surface area contributed by atoms with Gasteiger partial charge in [0.05, 0.1) is 19.3 Å². The van der Waals surface area contributed by atoms with Crippen molar-refractivity contribution in [3.05, 3.63) is 33.6 Å². The second kappa shape index (κ2) is 5.41. The number of hydrogen-bond donors (Lipinski definition) is 1. The Balaban J connectivity index is 1.73. The highest BCUT2D eigenvalue weighted by Gasteiger charge is 2.66. The van der Waals surface area contributed by atoms with Crippen LogP contribution in [0.3, 0.4) is 0 Å². The normalized spacial score (nSPS) is 42.8. The van der Waals surface area contributed by atoms with Crippen molar-refractivity contribution in [2.45, 2.75) is 51.2 Å². The lowest BCUT2D eigenvalue weighted by Crippen LogP contribution is -2.59. The van der Waals surface area contributed by atoms with Gasteiger partial charge in [0, 0.05) is 60.9 Å². The summed E-state index contributed by atoms with van der Waals surface area (Å²) in [6, 6.07) is 0.0946. The van der Waals surface area contributed by atoms with Crippen LogP contribution in [-0.2, 0) is 19.1 Å². The summed E-state index contributed by atoms with van der Waals surface area (Å²) in [5.41, 5.74) is 1.93. The van der Waals surface area contributed by atoms with Gasteiger partial charge >= 0.3 is 5.97 Å². The van der Waals surface area contributed by atoms with Crippen molar-refractivity contribution >= 4 is 11.8 Å². The standard InChI is InChI=1S/C23H27NO5/c1-11-9-24-10-12-4-5-14-16-13(6-7-29-14)17(21(26)28-3)18-19(16)22(12,2)15(24)8-23(11,27)20(18)25/h11-12,15,27H,4-10H2,1-3H3.